The molecule has 0 heterocycles. The molecule has 6 heteroatoms. The van der Waals surface area contributed by atoms with Crippen LogP contribution in [0, 0.1) is 23.4 Å². The average molecular weight is 509 g/mol. The van der Waals surface area contributed by atoms with E-state index in [1.165, 1.54) is 24.3 Å². The number of carbonyl (C=O) groups is 1. The van der Waals surface area contributed by atoms with Crippen LogP contribution in [0.4, 0.5) is 13.2 Å². The molecular formula is C31H31F3O3. The van der Waals surface area contributed by atoms with Gasteiger partial charge in [-0.1, -0.05) is 50.1 Å². The van der Waals surface area contributed by atoms with Crippen LogP contribution in [0.25, 0.3) is 11.1 Å². The Kier molecular flexibility index (Phi) is 8.70. The van der Waals surface area contributed by atoms with Crippen LogP contribution in [0.15, 0.2) is 67.3 Å². The number of hydrogen-bond acceptors (Lipinski definition) is 3. The summed E-state index contributed by atoms with van der Waals surface area (Å²) in [5.74, 6) is -2.16. The summed E-state index contributed by atoms with van der Waals surface area (Å²) in [4.78, 5) is 12.5. The van der Waals surface area contributed by atoms with Crippen LogP contribution in [-0.4, -0.2) is 12.6 Å². The van der Waals surface area contributed by atoms with Crippen molar-refractivity contribution in [3.63, 3.8) is 0 Å². The fraction of sp³-hybridized carbons (Fsp3) is 0.323. The minimum absolute atomic E-state index is 0.0415. The number of esters is 1. The van der Waals surface area contributed by atoms with Crippen LogP contribution in [0.2, 0.25) is 0 Å². The molecule has 3 aromatic rings. The first-order chi connectivity index (χ1) is 17.9. The van der Waals surface area contributed by atoms with Crippen molar-refractivity contribution in [1.29, 1.82) is 0 Å². The maximum atomic E-state index is 15.0. The van der Waals surface area contributed by atoms with Gasteiger partial charge in [-0.15, -0.1) is 6.58 Å². The summed E-state index contributed by atoms with van der Waals surface area (Å²) in [5.41, 5.74) is 0.791. The Hall–Kier alpha value is -3.54. The Labute approximate surface area is 215 Å². The molecule has 0 saturated heterocycles. The molecule has 0 unspecified atom stereocenters. The molecule has 1 saturated carbocycles. The van der Waals surface area contributed by atoms with Crippen molar-refractivity contribution in [1.82, 2.24) is 0 Å². The summed E-state index contributed by atoms with van der Waals surface area (Å²) in [6.07, 6.45) is 7.09. The van der Waals surface area contributed by atoms with Gasteiger partial charge in [0.15, 0.2) is 11.6 Å². The second-order valence-electron chi connectivity index (χ2n) is 9.62. The van der Waals surface area contributed by atoms with Crippen LogP contribution in [0.5, 0.6) is 11.5 Å². The van der Waals surface area contributed by atoms with Crippen molar-refractivity contribution < 1.29 is 27.4 Å². The highest BCUT2D eigenvalue weighted by molar-refractivity contribution is 5.91. The van der Waals surface area contributed by atoms with Crippen LogP contribution in [-0.2, 0) is 0 Å². The van der Waals surface area contributed by atoms with Crippen LogP contribution in [0.1, 0.15) is 67.3 Å². The zero-order chi connectivity index (χ0) is 26.4. The monoisotopic (exact) mass is 508 g/mol. The average Bonchev–Trinajstić information content (AvgIpc) is 2.89. The lowest BCUT2D eigenvalue weighted by atomic mass is 9.79. The van der Waals surface area contributed by atoms with E-state index < -0.39 is 23.4 Å². The van der Waals surface area contributed by atoms with E-state index in [-0.39, 0.29) is 22.8 Å². The molecule has 1 aliphatic rings. The quantitative estimate of drug-likeness (QED) is 0.126. The Bertz CT molecular complexity index is 1250. The van der Waals surface area contributed by atoms with E-state index in [9.17, 15) is 18.0 Å². The summed E-state index contributed by atoms with van der Waals surface area (Å²) < 4.78 is 55.1. The van der Waals surface area contributed by atoms with Crippen LogP contribution in [0.3, 0.4) is 0 Å². The van der Waals surface area contributed by atoms with E-state index >= 15 is 0 Å². The van der Waals surface area contributed by atoms with E-state index in [0.717, 1.165) is 44.6 Å². The molecule has 0 aliphatic heterocycles. The van der Waals surface area contributed by atoms with Crippen molar-refractivity contribution in [3.8, 4) is 22.6 Å². The van der Waals surface area contributed by atoms with Gasteiger partial charge in [-0.2, -0.15) is 0 Å². The lowest BCUT2D eigenvalue weighted by Gasteiger charge is -2.27. The maximum Gasteiger partial charge on any atom is 0.346 e. The van der Waals surface area contributed by atoms with Gasteiger partial charge in [0.2, 0.25) is 0 Å². The highest BCUT2D eigenvalue weighted by Crippen LogP contribution is 2.39. The predicted molar refractivity (Wildman–Crippen MR) is 138 cm³/mol. The van der Waals surface area contributed by atoms with Gasteiger partial charge in [-0.05, 0) is 72.9 Å². The summed E-state index contributed by atoms with van der Waals surface area (Å²) >= 11 is 0. The second-order valence-corrected chi connectivity index (χ2v) is 9.62. The highest BCUT2D eigenvalue weighted by atomic mass is 19.2. The molecule has 0 spiro atoms. The number of hydrogen-bond donors (Lipinski definition) is 0. The van der Waals surface area contributed by atoms with E-state index in [0.29, 0.717) is 29.4 Å². The predicted octanol–water partition coefficient (Wildman–Crippen LogP) is 8.63. The van der Waals surface area contributed by atoms with Crippen molar-refractivity contribution >= 4 is 5.97 Å². The van der Waals surface area contributed by atoms with E-state index in [1.54, 1.807) is 30.3 Å². The summed E-state index contributed by atoms with van der Waals surface area (Å²) in [5, 5.41) is 0. The molecule has 0 N–H and O–H groups in total. The lowest BCUT2D eigenvalue weighted by Crippen LogP contribution is -2.13. The molecule has 37 heavy (non-hydrogen) atoms. The third-order valence-electron chi connectivity index (χ3n) is 6.93. The Morgan fingerprint density at radius 1 is 0.946 bits per heavy atom. The molecular weight excluding hydrogens is 477 g/mol. The molecule has 1 fully saturated rings. The summed E-state index contributed by atoms with van der Waals surface area (Å²) in [6.45, 7) is 6.23. The van der Waals surface area contributed by atoms with Gasteiger partial charge in [0.25, 0.3) is 0 Å². The standard InChI is InChI=1S/C31H31F3O3/c1-3-4-5-18-36-24-14-15-27(28(32)19-24)31(35)37-23-12-10-22(11-13-23)26-17-16-25(29(33)30(26)34)21-8-6-20(2)7-9-21/h3,10-17,19-21H,1,4-9,18H2,2H3. The zero-order valence-corrected chi connectivity index (χ0v) is 20.9. The third-order valence-corrected chi connectivity index (χ3v) is 6.93. The van der Waals surface area contributed by atoms with Crippen molar-refractivity contribution in [3.05, 3.63) is 95.8 Å². The number of unbranched alkanes of at least 4 members (excludes halogenated alkanes) is 1. The largest absolute Gasteiger partial charge is 0.493 e. The van der Waals surface area contributed by atoms with Gasteiger partial charge >= 0.3 is 5.97 Å². The Balaban J connectivity index is 1.42. The van der Waals surface area contributed by atoms with Crippen molar-refractivity contribution in [2.24, 2.45) is 5.92 Å². The van der Waals surface area contributed by atoms with Crippen molar-refractivity contribution in [2.45, 2.75) is 51.4 Å². The number of halogens is 3. The third kappa shape index (κ3) is 6.43. The van der Waals surface area contributed by atoms with Gasteiger partial charge in [-0.3, -0.25) is 0 Å². The molecule has 0 atom stereocenters. The Morgan fingerprint density at radius 2 is 1.65 bits per heavy atom. The smallest absolute Gasteiger partial charge is 0.346 e. The normalized spacial score (nSPS) is 17.3. The molecule has 4 rings (SSSR count). The minimum Gasteiger partial charge on any atom is -0.493 e. The minimum atomic E-state index is -0.880. The van der Waals surface area contributed by atoms with E-state index in [4.69, 9.17) is 9.47 Å². The van der Waals surface area contributed by atoms with Crippen LogP contribution < -0.4 is 9.47 Å². The molecule has 0 bridgehead atoms. The number of ether oxygens (including phenoxy) is 2. The number of allylic oxidation sites excluding steroid dienone is 1. The molecule has 3 nitrogen and oxygen atoms in total. The number of benzene rings is 3. The van der Waals surface area contributed by atoms with E-state index in [1.807, 2.05) is 0 Å². The highest BCUT2D eigenvalue weighted by Gasteiger charge is 2.25. The molecule has 1 aliphatic carbocycles. The van der Waals surface area contributed by atoms with Gasteiger partial charge in [0.05, 0.1) is 12.2 Å². The first-order valence-corrected chi connectivity index (χ1v) is 12.7. The SMILES string of the molecule is C=CCCCOc1ccc(C(=O)Oc2ccc(-c3ccc(C4CCC(C)CC4)c(F)c3F)cc2)c(F)c1. The number of rotatable bonds is 9. The van der Waals surface area contributed by atoms with Crippen LogP contribution >= 0.6 is 0 Å². The van der Waals surface area contributed by atoms with Crippen molar-refractivity contribution in [2.75, 3.05) is 6.61 Å². The number of carbonyl (C=O) groups excluding carboxylic acids is 1. The maximum absolute atomic E-state index is 15.0. The first-order valence-electron chi connectivity index (χ1n) is 12.7. The van der Waals surface area contributed by atoms with E-state index in [2.05, 4.69) is 13.5 Å². The van der Waals surface area contributed by atoms with Gasteiger partial charge in [-0.25, -0.2) is 18.0 Å². The first kappa shape index (κ1) is 26.5. The molecule has 0 aromatic heterocycles. The second kappa shape index (κ2) is 12.1. The fourth-order valence-corrected chi connectivity index (χ4v) is 4.71. The molecule has 3 aromatic carbocycles. The fourth-order valence-electron chi connectivity index (χ4n) is 4.71. The summed E-state index contributed by atoms with van der Waals surface area (Å²) in [7, 11) is 0. The summed E-state index contributed by atoms with van der Waals surface area (Å²) in [6, 6.07) is 13.3. The lowest BCUT2D eigenvalue weighted by molar-refractivity contribution is 0.0730. The molecule has 0 radical (unpaired) electrons. The molecule has 0 amide bonds. The molecule has 194 valence electrons. The van der Waals surface area contributed by atoms with Gasteiger partial charge < -0.3 is 9.47 Å². The van der Waals surface area contributed by atoms with Gasteiger partial charge in [0.1, 0.15) is 17.3 Å². The topological polar surface area (TPSA) is 35.5 Å². The van der Waals surface area contributed by atoms with Gasteiger partial charge in [0, 0.05) is 11.6 Å². The zero-order valence-electron chi connectivity index (χ0n) is 20.9. The Morgan fingerprint density at radius 3 is 2.32 bits per heavy atom.